The highest BCUT2D eigenvalue weighted by Gasteiger charge is 2.23. The predicted octanol–water partition coefficient (Wildman–Crippen LogP) is 1.51. The van der Waals surface area contributed by atoms with Gasteiger partial charge in [-0.25, -0.2) is 13.1 Å². The molecule has 0 spiro atoms. The lowest BCUT2D eigenvalue weighted by Gasteiger charge is -2.19. The summed E-state index contributed by atoms with van der Waals surface area (Å²) in [7, 11) is -3.77. The summed E-state index contributed by atoms with van der Waals surface area (Å²) in [5, 5.41) is 17.7. The Morgan fingerprint density at radius 3 is 2.58 bits per heavy atom. The molecular weight excluding hydrogens is 288 g/mol. The number of hydrogen-bond acceptors (Lipinski definition) is 4. The molecule has 5 nitrogen and oxygen atoms in total. The maximum Gasteiger partial charge on any atom is 0.242 e. The topological polar surface area (TPSA) is 90.2 Å². The van der Waals surface area contributed by atoms with E-state index in [9.17, 15) is 8.42 Å². The highest BCUT2D eigenvalue weighted by atomic mass is 35.5. The number of aliphatic hydroxyl groups excluding tert-OH is 1. The van der Waals surface area contributed by atoms with E-state index in [0.717, 1.165) is 0 Å². The van der Waals surface area contributed by atoms with Crippen molar-refractivity contribution in [1.82, 2.24) is 4.72 Å². The van der Waals surface area contributed by atoms with Gasteiger partial charge in [-0.2, -0.15) is 5.26 Å². The van der Waals surface area contributed by atoms with Crippen molar-refractivity contribution in [3.05, 3.63) is 28.8 Å². The van der Waals surface area contributed by atoms with E-state index in [2.05, 4.69) is 4.72 Å². The summed E-state index contributed by atoms with van der Waals surface area (Å²) in [6.45, 7) is 3.27. The van der Waals surface area contributed by atoms with Gasteiger partial charge in [0, 0.05) is 12.6 Å². The molecule has 0 heterocycles. The van der Waals surface area contributed by atoms with Crippen molar-refractivity contribution >= 4 is 21.6 Å². The molecule has 0 bridgehead atoms. The zero-order chi connectivity index (χ0) is 14.6. The molecule has 0 aliphatic rings. The third-order valence-corrected chi connectivity index (χ3v) is 4.87. The summed E-state index contributed by atoms with van der Waals surface area (Å²) < 4.78 is 26.7. The second-order valence-electron chi connectivity index (χ2n) is 4.33. The van der Waals surface area contributed by atoms with Gasteiger partial charge in [-0.05, 0) is 31.0 Å². The van der Waals surface area contributed by atoms with Crippen LogP contribution < -0.4 is 4.72 Å². The van der Waals surface area contributed by atoms with Crippen LogP contribution in [0.1, 0.15) is 19.4 Å². The molecule has 0 aliphatic heterocycles. The molecule has 0 radical (unpaired) electrons. The maximum absolute atomic E-state index is 12.1. The van der Waals surface area contributed by atoms with Crippen molar-refractivity contribution in [3.63, 3.8) is 0 Å². The Hall–Kier alpha value is -1.13. The Balaban J connectivity index is 3.05. The smallest absolute Gasteiger partial charge is 0.242 e. The highest BCUT2D eigenvalue weighted by molar-refractivity contribution is 7.89. The molecule has 0 aliphatic carbocycles. The normalized spacial score (nSPS) is 14.7. The molecule has 2 atom stereocenters. The third kappa shape index (κ3) is 3.91. The molecule has 1 rings (SSSR count). The first-order valence-corrected chi connectivity index (χ1v) is 7.50. The Morgan fingerprint density at radius 2 is 2.11 bits per heavy atom. The van der Waals surface area contributed by atoms with E-state index in [-0.39, 0.29) is 22.4 Å². The van der Waals surface area contributed by atoms with Crippen molar-refractivity contribution in [3.8, 4) is 6.07 Å². The Bertz CT molecular complexity index is 595. The molecule has 0 saturated heterocycles. The predicted molar refractivity (Wildman–Crippen MR) is 72.2 cm³/mol. The number of nitriles is 1. The van der Waals surface area contributed by atoms with Gasteiger partial charge in [0.25, 0.3) is 0 Å². The second-order valence-corrected chi connectivity index (χ2v) is 6.42. The van der Waals surface area contributed by atoms with Crippen molar-refractivity contribution < 1.29 is 13.5 Å². The zero-order valence-corrected chi connectivity index (χ0v) is 12.2. The zero-order valence-electron chi connectivity index (χ0n) is 10.6. The first-order valence-electron chi connectivity index (χ1n) is 5.64. The average Bonchev–Trinajstić information content (AvgIpc) is 2.36. The summed E-state index contributed by atoms with van der Waals surface area (Å²) in [5.74, 6) is -0.216. The van der Waals surface area contributed by atoms with Crippen LogP contribution in [-0.2, 0) is 10.0 Å². The molecule has 104 valence electrons. The van der Waals surface area contributed by atoms with E-state index >= 15 is 0 Å². The van der Waals surface area contributed by atoms with Gasteiger partial charge >= 0.3 is 0 Å². The third-order valence-electron chi connectivity index (χ3n) is 2.83. The lowest BCUT2D eigenvalue weighted by Crippen LogP contribution is -2.38. The summed E-state index contributed by atoms with van der Waals surface area (Å²) in [6, 6.07) is 5.44. The van der Waals surface area contributed by atoms with Gasteiger partial charge in [0.15, 0.2) is 0 Å². The van der Waals surface area contributed by atoms with Gasteiger partial charge in [-0.3, -0.25) is 0 Å². The van der Waals surface area contributed by atoms with Crippen LogP contribution in [0, 0.1) is 17.2 Å². The average molecular weight is 303 g/mol. The fourth-order valence-corrected chi connectivity index (χ4v) is 3.27. The van der Waals surface area contributed by atoms with Gasteiger partial charge in [0.1, 0.15) is 4.90 Å². The number of benzene rings is 1. The van der Waals surface area contributed by atoms with Crippen LogP contribution in [0.2, 0.25) is 5.02 Å². The van der Waals surface area contributed by atoms with Crippen LogP contribution >= 0.6 is 11.6 Å². The van der Waals surface area contributed by atoms with Gasteiger partial charge in [-0.1, -0.05) is 18.5 Å². The molecule has 0 aromatic heterocycles. The summed E-state index contributed by atoms with van der Waals surface area (Å²) in [6.07, 6.45) is 0. The summed E-state index contributed by atoms with van der Waals surface area (Å²) >= 11 is 5.87. The number of halogens is 1. The molecule has 2 unspecified atom stereocenters. The molecule has 0 fully saturated rings. The molecular formula is C12H15ClN2O3S. The number of sulfonamides is 1. The minimum absolute atomic E-state index is 0.00426. The van der Waals surface area contributed by atoms with Crippen molar-refractivity contribution in [2.45, 2.75) is 24.8 Å². The minimum atomic E-state index is -3.77. The van der Waals surface area contributed by atoms with E-state index in [1.54, 1.807) is 13.8 Å². The Kier molecular flexibility index (Phi) is 5.32. The highest BCUT2D eigenvalue weighted by Crippen LogP contribution is 2.23. The Morgan fingerprint density at radius 1 is 1.47 bits per heavy atom. The first kappa shape index (κ1) is 15.9. The van der Waals surface area contributed by atoms with E-state index in [1.165, 1.54) is 18.2 Å². The van der Waals surface area contributed by atoms with Crippen LogP contribution in [0.15, 0.2) is 23.1 Å². The van der Waals surface area contributed by atoms with Gasteiger partial charge < -0.3 is 5.11 Å². The fraction of sp³-hybridized carbons (Fsp3) is 0.417. The first-order chi connectivity index (χ1) is 8.81. The standard InChI is InChI=1S/C12H15ClN2O3S/c1-8(7-16)9(2)15-19(17,18)12-4-3-10(6-14)5-11(12)13/h3-5,8-9,15-16H,7H2,1-2H3. The minimum Gasteiger partial charge on any atom is -0.396 e. The SMILES string of the molecule is CC(CO)C(C)NS(=O)(=O)c1ccc(C#N)cc1Cl. The van der Waals surface area contributed by atoms with Crippen molar-refractivity contribution in [1.29, 1.82) is 5.26 Å². The fourth-order valence-electron chi connectivity index (χ4n) is 1.37. The monoisotopic (exact) mass is 302 g/mol. The molecule has 0 amide bonds. The van der Waals surface area contributed by atoms with Crippen LogP contribution in [0.4, 0.5) is 0 Å². The van der Waals surface area contributed by atoms with Crippen LogP contribution in [0.3, 0.4) is 0 Å². The lowest BCUT2D eigenvalue weighted by molar-refractivity contribution is 0.216. The number of nitrogens with zero attached hydrogens (tertiary/aromatic N) is 1. The molecule has 19 heavy (non-hydrogen) atoms. The lowest BCUT2D eigenvalue weighted by atomic mass is 10.1. The van der Waals surface area contributed by atoms with E-state index in [4.69, 9.17) is 22.0 Å². The number of aliphatic hydroxyl groups is 1. The quantitative estimate of drug-likeness (QED) is 0.862. The largest absolute Gasteiger partial charge is 0.396 e. The second kappa shape index (κ2) is 6.35. The molecule has 1 aromatic rings. The number of rotatable bonds is 5. The van der Waals surface area contributed by atoms with Crippen LogP contribution in [0.25, 0.3) is 0 Å². The summed E-state index contributed by atoms with van der Waals surface area (Å²) in [5.41, 5.74) is 0.292. The van der Waals surface area contributed by atoms with Crippen molar-refractivity contribution in [2.75, 3.05) is 6.61 Å². The summed E-state index contributed by atoms with van der Waals surface area (Å²) in [4.78, 5) is -0.0786. The molecule has 1 aromatic carbocycles. The maximum atomic E-state index is 12.1. The van der Waals surface area contributed by atoms with Gasteiger partial charge in [0.2, 0.25) is 10.0 Å². The number of hydrogen-bond donors (Lipinski definition) is 2. The van der Waals surface area contributed by atoms with Crippen LogP contribution in [0.5, 0.6) is 0 Å². The van der Waals surface area contributed by atoms with Gasteiger partial charge in [0.05, 0.1) is 16.7 Å². The van der Waals surface area contributed by atoms with Gasteiger partial charge in [-0.15, -0.1) is 0 Å². The number of nitrogens with one attached hydrogen (secondary N) is 1. The molecule has 0 saturated carbocycles. The van der Waals surface area contributed by atoms with Crippen molar-refractivity contribution in [2.24, 2.45) is 5.92 Å². The van der Waals surface area contributed by atoms with E-state index in [0.29, 0.717) is 5.56 Å². The Labute approximate surface area is 117 Å². The van der Waals surface area contributed by atoms with Crippen LogP contribution in [-0.4, -0.2) is 26.2 Å². The molecule has 2 N–H and O–H groups in total. The molecule has 7 heteroatoms. The van der Waals surface area contributed by atoms with E-state index in [1.807, 2.05) is 6.07 Å². The van der Waals surface area contributed by atoms with E-state index < -0.39 is 16.1 Å².